The molecule has 3 heterocycles. The van der Waals surface area contributed by atoms with Crippen molar-refractivity contribution in [2.45, 2.75) is 31.7 Å². The fraction of sp³-hybridized carbons (Fsp3) is 0.429. The molecule has 2 amide bonds. The maximum Gasteiger partial charge on any atom is 0.435 e. The number of carbonyl (C=O) groups is 1. The minimum absolute atomic E-state index is 0.0726. The second-order valence-corrected chi connectivity index (χ2v) is 9.77. The van der Waals surface area contributed by atoms with Crippen LogP contribution in [0.2, 0.25) is 10.0 Å². The van der Waals surface area contributed by atoms with E-state index in [1.165, 1.54) is 29.5 Å². The Morgan fingerprint density at radius 1 is 1.21 bits per heavy atom. The van der Waals surface area contributed by atoms with Gasteiger partial charge in [0.2, 0.25) is 0 Å². The number of nitrogens with one attached hydrogen (secondary N) is 1. The van der Waals surface area contributed by atoms with E-state index in [4.69, 9.17) is 32.8 Å². The predicted octanol–water partition coefficient (Wildman–Crippen LogP) is 5.49. The van der Waals surface area contributed by atoms with Crippen molar-refractivity contribution < 1.29 is 27.5 Å². The Kier molecular flexibility index (Phi) is 6.82. The first-order valence-corrected chi connectivity index (χ1v) is 11.6. The smallest absolute Gasteiger partial charge is 0.378 e. The van der Waals surface area contributed by atoms with Gasteiger partial charge in [0.1, 0.15) is 5.71 Å². The molecule has 2 aliphatic rings. The van der Waals surface area contributed by atoms with E-state index in [1.807, 2.05) is 6.92 Å². The summed E-state index contributed by atoms with van der Waals surface area (Å²) in [7, 11) is 0. The average molecular weight is 522 g/mol. The van der Waals surface area contributed by atoms with Gasteiger partial charge in [0.05, 0.1) is 31.1 Å². The van der Waals surface area contributed by atoms with Crippen LogP contribution in [0.4, 0.5) is 18.0 Å². The maximum absolute atomic E-state index is 14.2. The van der Waals surface area contributed by atoms with Gasteiger partial charge in [0, 0.05) is 33.6 Å². The Labute approximate surface area is 202 Å². The van der Waals surface area contributed by atoms with Gasteiger partial charge < -0.3 is 19.8 Å². The molecule has 1 aromatic carbocycles. The number of thiophene rings is 1. The van der Waals surface area contributed by atoms with Crippen LogP contribution in [-0.4, -0.2) is 49.1 Å². The molecule has 1 aromatic heterocycles. The molecule has 1 fully saturated rings. The molecular weight excluding hydrogens is 502 g/mol. The number of morpholine rings is 1. The Morgan fingerprint density at radius 3 is 2.52 bits per heavy atom. The summed E-state index contributed by atoms with van der Waals surface area (Å²) >= 11 is 13.2. The molecule has 0 saturated carbocycles. The zero-order chi connectivity index (χ0) is 23.8. The summed E-state index contributed by atoms with van der Waals surface area (Å²) in [6.45, 7) is 4.11. The van der Waals surface area contributed by atoms with Crippen molar-refractivity contribution in [3.63, 3.8) is 0 Å². The average Bonchev–Trinajstić information content (AvgIpc) is 3.36. The van der Waals surface area contributed by atoms with E-state index < -0.39 is 18.2 Å². The molecule has 0 aliphatic carbocycles. The molecule has 1 atom stereocenters. The molecule has 6 nitrogen and oxygen atoms in total. The minimum atomic E-state index is -4.76. The lowest BCUT2D eigenvalue weighted by Crippen LogP contribution is -2.45. The third-order valence-electron chi connectivity index (χ3n) is 5.52. The topological polar surface area (TPSA) is 63.2 Å². The molecule has 1 N–H and O–H groups in total. The van der Waals surface area contributed by atoms with Gasteiger partial charge in [-0.25, -0.2) is 4.79 Å². The Morgan fingerprint density at radius 2 is 1.88 bits per heavy atom. The van der Waals surface area contributed by atoms with Gasteiger partial charge in [-0.05, 0) is 36.8 Å². The fourth-order valence-corrected chi connectivity index (χ4v) is 5.31. The highest BCUT2D eigenvalue weighted by Gasteiger charge is 2.62. The summed E-state index contributed by atoms with van der Waals surface area (Å²) in [4.78, 5) is 20.4. The molecule has 2 aliphatic heterocycles. The Bertz CT molecular complexity index is 1070. The van der Waals surface area contributed by atoms with Gasteiger partial charge >= 0.3 is 12.2 Å². The number of benzene rings is 1. The van der Waals surface area contributed by atoms with Crippen molar-refractivity contribution in [2.75, 3.05) is 26.3 Å². The number of rotatable bonds is 4. The van der Waals surface area contributed by atoms with E-state index >= 15 is 0 Å². The van der Waals surface area contributed by atoms with Gasteiger partial charge in [0.25, 0.3) is 5.60 Å². The summed E-state index contributed by atoms with van der Waals surface area (Å²) in [5.41, 5.74) is -1.88. The first-order chi connectivity index (χ1) is 15.6. The van der Waals surface area contributed by atoms with Crippen LogP contribution in [0, 0.1) is 6.92 Å². The molecular formula is C21H20Cl2F3N3O3S. The van der Waals surface area contributed by atoms with Crippen LogP contribution in [-0.2, 0) is 21.7 Å². The SMILES string of the molecule is Cc1cc(C2=NOC(c3cc(Cl)cc(Cl)c3)(C(F)(F)F)C2)sc1CNC(=O)N1CCOCC1. The molecule has 1 saturated heterocycles. The van der Waals surface area contributed by atoms with Crippen LogP contribution < -0.4 is 5.32 Å². The Hall–Kier alpha value is -2.01. The number of hydrogen-bond donors (Lipinski definition) is 1. The monoisotopic (exact) mass is 521 g/mol. The van der Waals surface area contributed by atoms with Crippen LogP contribution in [0.25, 0.3) is 0 Å². The molecule has 178 valence electrons. The number of carbonyl (C=O) groups excluding carboxylic acids is 1. The molecule has 4 rings (SSSR count). The van der Waals surface area contributed by atoms with Crippen LogP contribution in [0.15, 0.2) is 29.4 Å². The van der Waals surface area contributed by atoms with Crippen molar-refractivity contribution >= 4 is 46.3 Å². The minimum Gasteiger partial charge on any atom is -0.378 e. The van der Waals surface area contributed by atoms with Gasteiger partial charge in [-0.15, -0.1) is 11.3 Å². The highest BCUT2D eigenvalue weighted by molar-refractivity contribution is 7.14. The van der Waals surface area contributed by atoms with Crippen molar-refractivity contribution in [3.05, 3.63) is 55.2 Å². The van der Waals surface area contributed by atoms with E-state index in [1.54, 1.807) is 11.0 Å². The number of ether oxygens (including phenoxy) is 1. The zero-order valence-corrected chi connectivity index (χ0v) is 19.8. The number of urea groups is 1. The van der Waals surface area contributed by atoms with Gasteiger partial charge in [-0.2, -0.15) is 13.2 Å². The second-order valence-electron chi connectivity index (χ2n) is 7.76. The lowest BCUT2D eigenvalue weighted by atomic mass is 9.88. The van der Waals surface area contributed by atoms with Crippen molar-refractivity contribution in [2.24, 2.45) is 5.16 Å². The predicted molar refractivity (Wildman–Crippen MR) is 120 cm³/mol. The fourth-order valence-electron chi connectivity index (χ4n) is 3.69. The second kappa shape index (κ2) is 9.32. The highest BCUT2D eigenvalue weighted by Crippen LogP contribution is 2.50. The number of amides is 2. The Balaban J connectivity index is 1.51. The molecule has 2 aromatic rings. The molecule has 0 radical (unpaired) electrons. The largest absolute Gasteiger partial charge is 0.435 e. The third kappa shape index (κ3) is 4.94. The lowest BCUT2D eigenvalue weighted by Gasteiger charge is -2.29. The van der Waals surface area contributed by atoms with Crippen LogP contribution in [0.3, 0.4) is 0 Å². The summed E-state index contributed by atoms with van der Waals surface area (Å²) in [6.07, 6.45) is -5.28. The summed E-state index contributed by atoms with van der Waals surface area (Å²) in [5.74, 6) is 0. The molecule has 0 bridgehead atoms. The first-order valence-electron chi connectivity index (χ1n) is 10.1. The van der Waals surface area contributed by atoms with Crippen molar-refractivity contribution in [3.8, 4) is 0 Å². The summed E-state index contributed by atoms with van der Waals surface area (Å²) in [5, 5.41) is 6.80. The molecule has 12 heteroatoms. The number of halogens is 5. The van der Waals surface area contributed by atoms with Crippen LogP contribution >= 0.6 is 34.5 Å². The van der Waals surface area contributed by atoms with Gasteiger partial charge in [0.15, 0.2) is 0 Å². The summed E-state index contributed by atoms with van der Waals surface area (Å²) in [6, 6.07) is 5.27. The van der Waals surface area contributed by atoms with E-state index in [0.717, 1.165) is 10.4 Å². The van der Waals surface area contributed by atoms with Gasteiger partial charge in [-0.1, -0.05) is 28.4 Å². The number of alkyl halides is 3. The van der Waals surface area contributed by atoms with Gasteiger partial charge in [-0.3, -0.25) is 0 Å². The van der Waals surface area contributed by atoms with Crippen LogP contribution in [0.5, 0.6) is 0 Å². The number of hydrogen-bond acceptors (Lipinski definition) is 5. The van der Waals surface area contributed by atoms with E-state index in [2.05, 4.69) is 10.5 Å². The van der Waals surface area contributed by atoms with E-state index in [0.29, 0.717) is 31.2 Å². The van der Waals surface area contributed by atoms with Crippen molar-refractivity contribution in [1.82, 2.24) is 10.2 Å². The third-order valence-corrected chi connectivity index (χ3v) is 7.24. The quantitative estimate of drug-likeness (QED) is 0.578. The maximum atomic E-state index is 14.2. The molecule has 1 unspecified atom stereocenters. The van der Waals surface area contributed by atoms with E-state index in [-0.39, 0.29) is 33.9 Å². The highest BCUT2D eigenvalue weighted by atomic mass is 35.5. The lowest BCUT2D eigenvalue weighted by molar-refractivity contribution is -0.275. The first kappa shape index (κ1) is 24.1. The molecule has 0 spiro atoms. The zero-order valence-electron chi connectivity index (χ0n) is 17.5. The normalized spacial score (nSPS) is 21.0. The number of aryl methyl sites for hydroxylation is 1. The van der Waals surface area contributed by atoms with Crippen molar-refractivity contribution in [1.29, 1.82) is 0 Å². The standard InChI is InChI=1S/C21H20Cl2F3N3O3S/c1-12-6-17(33-18(12)11-27-19(30)29-2-4-31-5-3-29)16-10-20(32-28-16,21(24,25)26)13-7-14(22)9-15(23)8-13/h6-9H,2-5,10-11H2,1H3,(H,27,30). The number of nitrogens with zero attached hydrogens (tertiary/aromatic N) is 2. The number of oxime groups is 1. The van der Waals surface area contributed by atoms with Crippen LogP contribution in [0.1, 0.15) is 27.3 Å². The summed E-state index contributed by atoms with van der Waals surface area (Å²) < 4.78 is 47.8. The molecule has 33 heavy (non-hydrogen) atoms. The van der Waals surface area contributed by atoms with E-state index in [9.17, 15) is 18.0 Å².